The van der Waals surface area contributed by atoms with Crippen molar-refractivity contribution in [2.75, 3.05) is 13.2 Å². The fourth-order valence-corrected chi connectivity index (χ4v) is 4.21. The second kappa shape index (κ2) is 9.51. The molecule has 10 heteroatoms. The molecule has 33 heavy (non-hydrogen) atoms. The molecule has 0 atom stereocenters. The van der Waals surface area contributed by atoms with Crippen molar-refractivity contribution in [1.82, 2.24) is 4.90 Å². The smallest absolute Gasteiger partial charge is 0.293 e. The van der Waals surface area contributed by atoms with Crippen LogP contribution in [0.25, 0.3) is 17.4 Å². The van der Waals surface area contributed by atoms with E-state index in [4.69, 9.17) is 20.8 Å². The van der Waals surface area contributed by atoms with Crippen molar-refractivity contribution in [3.8, 4) is 17.1 Å². The number of imide groups is 1. The molecule has 0 saturated carbocycles. The van der Waals surface area contributed by atoms with Crippen molar-refractivity contribution in [3.63, 3.8) is 0 Å². The number of halogens is 1. The zero-order valence-corrected chi connectivity index (χ0v) is 18.9. The molecule has 1 aliphatic rings. The molecule has 0 spiro atoms. The Kier molecular flexibility index (Phi) is 6.52. The highest BCUT2D eigenvalue weighted by Gasteiger charge is 2.35. The summed E-state index contributed by atoms with van der Waals surface area (Å²) in [5, 5.41) is 11.2. The topological polar surface area (TPSA) is 103 Å². The monoisotopic (exact) mass is 484 g/mol. The highest BCUT2D eigenvalue weighted by molar-refractivity contribution is 8.18. The Hall–Kier alpha value is -3.56. The number of nitrogens with zero attached hydrogens (tertiary/aromatic N) is 2. The fourth-order valence-electron chi connectivity index (χ4n) is 3.18. The summed E-state index contributed by atoms with van der Waals surface area (Å²) in [6, 6.07) is 15.0. The molecule has 2 amide bonds. The van der Waals surface area contributed by atoms with Crippen molar-refractivity contribution in [3.05, 3.63) is 86.0 Å². The van der Waals surface area contributed by atoms with Gasteiger partial charge >= 0.3 is 0 Å². The van der Waals surface area contributed by atoms with E-state index in [2.05, 4.69) is 0 Å². The first-order valence-electron chi connectivity index (χ1n) is 9.81. The molecule has 2 heterocycles. The maximum absolute atomic E-state index is 12.7. The minimum atomic E-state index is -0.450. The van der Waals surface area contributed by atoms with Crippen LogP contribution in [0.4, 0.5) is 10.5 Å². The van der Waals surface area contributed by atoms with Gasteiger partial charge in [0.25, 0.3) is 16.8 Å². The molecule has 0 N–H and O–H groups in total. The Bertz CT molecular complexity index is 1290. The van der Waals surface area contributed by atoms with Gasteiger partial charge in [-0.15, -0.1) is 0 Å². The van der Waals surface area contributed by atoms with Crippen LogP contribution in [0, 0.1) is 17.0 Å². The summed E-state index contributed by atoms with van der Waals surface area (Å²) in [6.07, 6.45) is 1.48. The normalized spacial score (nSPS) is 14.8. The molecule has 1 aliphatic heterocycles. The van der Waals surface area contributed by atoms with E-state index in [1.807, 2.05) is 0 Å². The number of rotatable bonds is 7. The van der Waals surface area contributed by atoms with Gasteiger partial charge in [-0.3, -0.25) is 24.6 Å². The van der Waals surface area contributed by atoms with Gasteiger partial charge in [-0.05, 0) is 43.0 Å². The molecule has 8 nitrogen and oxygen atoms in total. The van der Waals surface area contributed by atoms with E-state index in [9.17, 15) is 19.7 Å². The van der Waals surface area contributed by atoms with Crippen LogP contribution in [0.1, 0.15) is 11.3 Å². The number of thioether (sulfide) groups is 1. The van der Waals surface area contributed by atoms with Crippen LogP contribution in [-0.4, -0.2) is 34.1 Å². The highest BCUT2D eigenvalue weighted by atomic mass is 35.5. The SMILES string of the molecule is Cc1ccc(-c2ccc(/C=C3\SC(=O)N(CCOc4ccccc4Cl)C3=O)o2)cc1[N+](=O)[O-]. The van der Waals surface area contributed by atoms with Crippen LogP contribution >= 0.6 is 23.4 Å². The number of para-hydroxylation sites is 1. The fraction of sp³-hybridized carbons (Fsp3) is 0.130. The number of furan rings is 1. The maximum atomic E-state index is 12.7. The molecule has 4 rings (SSSR count). The van der Waals surface area contributed by atoms with Gasteiger partial charge in [-0.2, -0.15) is 0 Å². The lowest BCUT2D eigenvalue weighted by molar-refractivity contribution is -0.385. The number of carbonyl (C=O) groups is 2. The number of aryl methyl sites for hydroxylation is 1. The van der Waals surface area contributed by atoms with Crippen LogP contribution in [0.5, 0.6) is 5.75 Å². The van der Waals surface area contributed by atoms with E-state index in [0.717, 1.165) is 16.7 Å². The molecule has 0 aliphatic carbocycles. The second-order valence-corrected chi connectivity index (χ2v) is 8.47. The summed E-state index contributed by atoms with van der Waals surface area (Å²) in [5.74, 6) is 0.792. The van der Waals surface area contributed by atoms with E-state index < -0.39 is 16.1 Å². The molecule has 1 saturated heterocycles. The molecular weight excluding hydrogens is 468 g/mol. The van der Waals surface area contributed by atoms with E-state index in [1.54, 1.807) is 55.5 Å². The Balaban J connectivity index is 1.45. The van der Waals surface area contributed by atoms with Crippen LogP contribution in [0.15, 0.2) is 63.9 Å². The highest BCUT2D eigenvalue weighted by Crippen LogP contribution is 2.34. The molecular formula is C23H17ClN2O6S. The lowest BCUT2D eigenvalue weighted by Gasteiger charge is -2.13. The summed E-state index contributed by atoms with van der Waals surface area (Å²) in [4.78, 5) is 37.0. The first-order chi connectivity index (χ1) is 15.8. The van der Waals surface area contributed by atoms with E-state index in [1.165, 1.54) is 12.1 Å². The number of benzene rings is 2. The minimum Gasteiger partial charge on any atom is -0.490 e. The standard InChI is InChI=1S/C23H17ClN2O6S/c1-14-6-7-15(12-18(14)26(29)30)19-9-8-16(32-19)13-21-22(27)25(23(28)33-21)10-11-31-20-5-3-2-4-17(20)24/h2-9,12-13H,10-11H2,1H3/b21-13-. The third kappa shape index (κ3) is 4.94. The quantitative estimate of drug-likeness (QED) is 0.232. The average Bonchev–Trinajstić information content (AvgIpc) is 3.35. The Morgan fingerprint density at radius 3 is 2.73 bits per heavy atom. The maximum Gasteiger partial charge on any atom is 0.293 e. The number of carbonyl (C=O) groups excluding carboxylic acids is 2. The Morgan fingerprint density at radius 1 is 1.18 bits per heavy atom. The van der Waals surface area contributed by atoms with Gasteiger partial charge in [0.1, 0.15) is 23.9 Å². The van der Waals surface area contributed by atoms with Gasteiger partial charge in [-0.1, -0.05) is 35.9 Å². The minimum absolute atomic E-state index is 0.00872. The van der Waals surface area contributed by atoms with E-state index in [0.29, 0.717) is 33.4 Å². The van der Waals surface area contributed by atoms with Crippen molar-refractivity contribution in [1.29, 1.82) is 0 Å². The molecule has 168 valence electrons. The summed E-state index contributed by atoms with van der Waals surface area (Å²) < 4.78 is 11.3. The van der Waals surface area contributed by atoms with E-state index in [-0.39, 0.29) is 23.7 Å². The van der Waals surface area contributed by atoms with Crippen LogP contribution < -0.4 is 4.74 Å². The van der Waals surface area contributed by atoms with Gasteiger partial charge in [0.05, 0.1) is 21.4 Å². The summed E-state index contributed by atoms with van der Waals surface area (Å²) in [6.45, 7) is 1.83. The average molecular weight is 485 g/mol. The lowest BCUT2D eigenvalue weighted by Crippen LogP contribution is -2.32. The zero-order valence-electron chi connectivity index (χ0n) is 17.3. The third-order valence-corrected chi connectivity index (χ3v) is 6.09. The molecule has 0 bridgehead atoms. The molecule has 2 aromatic carbocycles. The van der Waals surface area contributed by atoms with Crippen LogP contribution in [0.3, 0.4) is 0 Å². The van der Waals surface area contributed by atoms with Crippen LogP contribution in [-0.2, 0) is 4.79 Å². The predicted octanol–water partition coefficient (Wildman–Crippen LogP) is 5.93. The van der Waals surface area contributed by atoms with Gasteiger partial charge in [0, 0.05) is 23.3 Å². The third-order valence-electron chi connectivity index (χ3n) is 4.87. The Morgan fingerprint density at radius 2 is 1.97 bits per heavy atom. The summed E-state index contributed by atoms with van der Waals surface area (Å²) in [5.41, 5.74) is 1.07. The summed E-state index contributed by atoms with van der Waals surface area (Å²) in [7, 11) is 0. The van der Waals surface area contributed by atoms with Gasteiger partial charge < -0.3 is 9.15 Å². The van der Waals surface area contributed by atoms with Crippen molar-refractivity contribution < 1.29 is 23.7 Å². The van der Waals surface area contributed by atoms with Gasteiger partial charge in [0.15, 0.2) is 0 Å². The second-order valence-electron chi connectivity index (χ2n) is 7.07. The van der Waals surface area contributed by atoms with Gasteiger partial charge in [-0.25, -0.2) is 0 Å². The number of nitro benzene ring substituents is 1. The van der Waals surface area contributed by atoms with Crippen molar-refractivity contribution in [2.24, 2.45) is 0 Å². The molecule has 0 radical (unpaired) electrons. The first-order valence-corrected chi connectivity index (χ1v) is 11.0. The predicted molar refractivity (Wildman–Crippen MR) is 125 cm³/mol. The number of nitro groups is 1. The zero-order chi connectivity index (χ0) is 23.5. The Labute approximate surface area is 197 Å². The number of hydrogen-bond acceptors (Lipinski definition) is 7. The first kappa shape index (κ1) is 22.6. The van der Waals surface area contributed by atoms with Crippen molar-refractivity contribution in [2.45, 2.75) is 6.92 Å². The molecule has 0 unspecified atom stereocenters. The number of amides is 2. The lowest BCUT2D eigenvalue weighted by atomic mass is 10.1. The number of hydrogen-bond donors (Lipinski definition) is 0. The largest absolute Gasteiger partial charge is 0.490 e. The molecule has 1 fully saturated rings. The summed E-state index contributed by atoms with van der Waals surface area (Å²) >= 11 is 6.85. The molecule has 3 aromatic rings. The van der Waals surface area contributed by atoms with Gasteiger partial charge in [0.2, 0.25) is 0 Å². The van der Waals surface area contributed by atoms with Crippen LogP contribution in [0.2, 0.25) is 5.02 Å². The number of ether oxygens (including phenoxy) is 1. The van der Waals surface area contributed by atoms with Crippen molar-refractivity contribution >= 4 is 46.3 Å². The van der Waals surface area contributed by atoms with E-state index >= 15 is 0 Å². The molecule has 1 aromatic heterocycles.